The van der Waals surface area contributed by atoms with Crippen molar-refractivity contribution in [1.29, 1.82) is 0 Å². The van der Waals surface area contributed by atoms with E-state index in [1.54, 1.807) is 103 Å². The summed E-state index contributed by atoms with van der Waals surface area (Å²) in [6.45, 7) is 4.80. The van der Waals surface area contributed by atoms with E-state index < -0.39 is 11.9 Å². The fourth-order valence-corrected chi connectivity index (χ4v) is 6.29. The second kappa shape index (κ2) is 21.9. The van der Waals surface area contributed by atoms with Crippen LogP contribution in [0.5, 0.6) is 0 Å². The fraction of sp³-hybridized carbons (Fsp3) is 0.118. The van der Waals surface area contributed by atoms with Crippen molar-refractivity contribution < 1.29 is 23.9 Å². The van der Waals surface area contributed by atoms with Crippen molar-refractivity contribution in [1.82, 2.24) is 0 Å². The summed E-state index contributed by atoms with van der Waals surface area (Å²) in [5.41, 5.74) is 8.00. The number of anilines is 2. The summed E-state index contributed by atoms with van der Waals surface area (Å²) >= 11 is 0. The normalized spacial score (nSPS) is 11.2. The minimum atomic E-state index is -0.426. The van der Waals surface area contributed by atoms with E-state index in [1.165, 1.54) is 0 Å². The number of esters is 2. The van der Waals surface area contributed by atoms with Crippen molar-refractivity contribution >= 4 is 63.3 Å². The average molecular weight is 849 g/mol. The van der Waals surface area contributed by atoms with Gasteiger partial charge in [0.2, 0.25) is 0 Å². The first-order chi connectivity index (χ1) is 31.3. The Kier molecular flexibility index (Phi) is 14.9. The number of nitrogens with zero attached hydrogens (tertiary/aromatic N) is 7. The van der Waals surface area contributed by atoms with Crippen LogP contribution in [0.4, 0.5) is 45.5 Å². The van der Waals surface area contributed by atoms with Crippen LogP contribution in [0.25, 0.3) is 0 Å². The van der Waals surface area contributed by atoms with Crippen molar-refractivity contribution in [3.63, 3.8) is 0 Å². The standard InChI is InChI=1S/C51H44N8O5/c1-36-14-12-13-21-45(36)56-55-42-24-28-46(37(2)34-42)57-58-47-29-25-43(35-48(47)52-49(60)38-15-6-3-7-16-38)54-53-41-22-26-44(27-23-41)59(30-32-63-50(61)39-17-8-4-9-18-39)31-33-64-51(62)40-19-10-5-11-20-40/h3-29,34-35H,30-33H2,1-2H3,(H,52,60). The Bertz CT molecular complexity index is 2720. The average Bonchev–Trinajstić information content (AvgIpc) is 3.33. The number of benzene rings is 7. The number of ether oxygens (including phenoxy) is 2. The van der Waals surface area contributed by atoms with Crippen LogP contribution in [0.3, 0.4) is 0 Å². The van der Waals surface area contributed by atoms with Gasteiger partial charge in [-0.2, -0.15) is 25.6 Å². The third-order valence-corrected chi connectivity index (χ3v) is 9.80. The molecule has 318 valence electrons. The van der Waals surface area contributed by atoms with Crippen LogP contribution < -0.4 is 10.2 Å². The number of hydrogen-bond donors (Lipinski definition) is 1. The molecule has 64 heavy (non-hydrogen) atoms. The summed E-state index contributed by atoms with van der Waals surface area (Å²) in [5, 5.41) is 29.7. The summed E-state index contributed by atoms with van der Waals surface area (Å²) in [4.78, 5) is 40.5. The topological polar surface area (TPSA) is 159 Å². The van der Waals surface area contributed by atoms with Crippen LogP contribution in [0.2, 0.25) is 0 Å². The lowest BCUT2D eigenvalue weighted by Gasteiger charge is -2.24. The predicted octanol–water partition coefficient (Wildman–Crippen LogP) is 13.3. The summed E-state index contributed by atoms with van der Waals surface area (Å²) in [6, 6.07) is 52.2. The molecule has 0 heterocycles. The van der Waals surface area contributed by atoms with Gasteiger partial charge in [-0.3, -0.25) is 4.79 Å². The van der Waals surface area contributed by atoms with E-state index >= 15 is 0 Å². The number of carbonyl (C=O) groups is 3. The Morgan fingerprint density at radius 3 is 1.50 bits per heavy atom. The third kappa shape index (κ3) is 12.3. The maximum Gasteiger partial charge on any atom is 0.338 e. The van der Waals surface area contributed by atoms with Gasteiger partial charge >= 0.3 is 11.9 Å². The quantitative estimate of drug-likeness (QED) is 0.0709. The van der Waals surface area contributed by atoms with Crippen molar-refractivity contribution in [2.75, 3.05) is 36.5 Å². The lowest BCUT2D eigenvalue weighted by Crippen LogP contribution is -2.32. The van der Waals surface area contributed by atoms with Crippen LogP contribution in [0.1, 0.15) is 42.2 Å². The van der Waals surface area contributed by atoms with Gasteiger partial charge in [-0.1, -0.05) is 72.8 Å². The molecule has 1 N–H and O–H groups in total. The maximum absolute atomic E-state index is 13.3. The Labute approximate surface area is 370 Å². The first-order valence-corrected chi connectivity index (χ1v) is 20.5. The van der Waals surface area contributed by atoms with E-state index in [0.29, 0.717) is 63.9 Å². The molecule has 1 amide bonds. The third-order valence-electron chi connectivity index (χ3n) is 9.80. The molecule has 0 spiro atoms. The largest absolute Gasteiger partial charge is 0.460 e. The molecule has 0 fully saturated rings. The Hall–Kier alpha value is -8.45. The number of amides is 1. The highest BCUT2D eigenvalue weighted by Crippen LogP contribution is 2.34. The molecule has 7 rings (SSSR count). The lowest BCUT2D eigenvalue weighted by atomic mass is 10.2. The smallest absolute Gasteiger partial charge is 0.338 e. The molecule has 0 aliphatic rings. The number of aryl methyl sites for hydroxylation is 2. The minimum absolute atomic E-state index is 0.105. The number of nitrogens with one attached hydrogen (secondary N) is 1. The second-order valence-electron chi connectivity index (χ2n) is 14.4. The molecule has 0 aliphatic heterocycles. The molecule has 0 bridgehead atoms. The highest BCUT2D eigenvalue weighted by molar-refractivity contribution is 6.06. The molecule has 13 heteroatoms. The molecule has 0 unspecified atom stereocenters. The molecule has 0 aromatic heterocycles. The number of azo groups is 3. The molecule has 7 aromatic rings. The summed E-state index contributed by atoms with van der Waals surface area (Å²) in [7, 11) is 0. The summed E-state index contributed by atoms with van der Waals surface area (Å²) in [5.74, 6) is -1.18. The van der Waals surface area contributed by atoms with Crippen molar-refractivity contribution in [2.45, 2.75) is 13.8 Å². The molecule has 7 aromatic carbocycles. The number of carbonyl (C=O) groups excluding carboxylic acids is 3. The van der Waals surface area contributed by atoms with Crippen molar-refractivity contribution in [2.24, 2.45) is 30.7 Å². The van der Waals surface area contributed by atoms with Gasteiger partial charge in [-0.05, 0) is 128 Å². The predicted molar refractivity (Wildman–Crippen MR) is 248 cm³/mol. The second-order valence-corrected chi connectivity index (χ2v) is 14.4. The van der Waals surface area contributed by atoms with Crippen molar-refractivity contribution in [3.05, 3.63) is 204 Å². The van der Waals surface area contributed by atoms with E-state index in [9.17, 15) is 14.4 Å². The van der Waals surface area contributed by atoms with Crippen LogP contribution >= 0.6 is 0 Å². The van der Waals surface area contributed by atoms with Gasteiger partial charge in [0.15, 0.2) is 0 Å². The van der Waals surface area contributed by atoms with Crippen molar-refractivity contribution in [3.8, 4) is 0 Å². The Balaban J connectivity index is 1.06. The van der Waals surface area contributed by atoms with Crippen LogP contribution in [0, 0.1) is 13.8 Å². The van der Waals surface area contributed by atoms with Gasteiger partial charge in [0.25, 0.3) is 5.91 Å². The van der Waals surface area contributed by atoms with E-state index in [2.05, 4.69) is 36.0 Å². The number of rotatable bonds is 17. The molecular weight excluding hydrogens is 805 g/mol. The van der Waals surface area contributed by atoms with E-state index in [1.807, 2.05) is 91.5 Å². The fourth-order valence-electron chi connectivity index (χ4n) is 6.29. The van der Waals surface area contributed by atoms with Gasteiger partial charge in [-0.25, -0.2) is 9.59 Å². The molecule has 0 saturated carbocycles. The highest BCUT2D eigenvalue weighted by Gasteiger charge is 2.14. The molecule has 13 nitrogen and oxygen atoms in total. The zero-order chi connectivity index (χ0) is 44.5. The maximum atomic E-state index is 13.3. The summed E-state index contributed by atoms with van der Waals surface area (Å²) < 4.78 is 11.1. The van der Waals surface area contributed by atoms with E-state index in [-0.39, 0.29) is 19.1 Å². The van der Waals surface area contributed by atoms with Gasteiger partial charge in [0, 0.05) is 11.3 Å². The Morgan fingerprint density at radius 2 is 0.906 bits per heavy atom. The van der Waals surface area contributed by atoms with Gasteiger partial charge < -0.3 is 19.7 Å². The Morgan fingerprint density at radius 1 is 0.453 bits per heavy atom. The summed E-state index contributed by atoms with van der Waals surface area (Å²) in [6.07, 6.45) is 0. The lowest BCUT2D eigenvalue weighted by molar-refractivity contribution is 0.0503. The SMILES string of the molecule is Cc1ccccc1N=Nc1ccc(N=Nc2ccc(N=Nc3ccc(N(CCOC(=O)c4ccccc4)CCOC(=O)c4ccccc4)cc3)cc2NC(=O)c2ccccc2)c(C)c1. The molecule has 0 aliphatic carbocycles. The minimum Gasteiger partial charge on any atom is -0.460 e. The molecule has 0 atom stereocenters. The van der Waals surface area contributed by atoms with Gasteiger partial charge in [-0.15, -0.1) is 5.11 Å². The first-order valence-electron chi connectivity index (χ1n) is 20.5. The van der Waals surface area contributed by atoms with E-state index in [4.69, 9.17) is 9.47 Å². The molecule has 0 radical (unpaired) electrons. The van der Waals surface area contributed by atoms with E-state index in [0.717, 1.165) is 22.5 Å². The van der Waals surface area contributed by atoms with Gasteiger partial charge in [0.05, 0.1) is 58.3 Å². The van der Waals surface area contributed by atoms with Crippen LogP contribution in [0.15, 0.2) is 207 Å². The molecule has 0 saturated heterocycles. The highest BCUT2D eigenvalue weighted by atomic mass is 16.5. The number of hydrogen-bond acceptors (Lipinski definition) is 12. The molecular formula is C51H44N8O5. The zero-order valence-electron chi connectivity index (χ0n) is 35.2. The van der Waals surface area contributed by atoms with Crippen LogP contribution in [-0.2, 0) is 9.47 Å². The van der Waals surface area contributed by atoms with Crippen LogP contribution in [-0.4, -0.2) is 44.1 Å². The monoisotopic (exact) mass is 848 g/mol. The zero-order valence-corrected chi connectivity index (χ0v) is 35.2. The van der Waals surface area contributed by atoms with Gasteiger partial charge in [0.1, 0.15) is 18.9 Å². The first kappa shape index (κ1) is 43.6.